The number of carbonyl (C=O) groups is 2. The maximum Gasteiger partial charge on any atom is 0.510 e. The summed E-state index contributed by atoms with van der Waals surface area (Å²) in [6.45, 7) is 1.18. The fraction of sp³-hybridized carbons (Fsp3) is 0.700. The molecule has 0 saturated carbocycles. The molecule has 3 aliphatic heterocycles. The van der Waals surface area contributed by atoms with Gasteiger partial charge in [-0.2, -0.15) is 5.10 Å². The van der Waals surface area contributed by atoms with Gasteiger partial charge in [-0.3, -0.25) is 4.90 Å². The second-order valence-corrected chi connectivity index (χ2v) is 4.34. The number of hydrazone groups is 1. The lowest BCUT2D eigenvalue weighted by Crippen LogP contribution is -2.44. The number of nitrogens with zero attached hydrogens (tertiary/aromatic N) is 3. The van der Waals surface area contributed by atoms with Crippen molar-refractivity contribution < 1.29 is 23.8 Å². The number of rotatable bonds is 1. The van der Waals surface area contributed by atoms with Crippen LogP contribution in [-0.2, 0) is 14.2 Å². The van der Waals surface area contributed by atoms with Crippen LogP contribution in [0.3, 0.4) is 0 Å². The zero-order chi connectivity index (χ0) is 13.4. The molecule has 104 valence electrons. The molecule has 2 unspecified atom stereocenters. The fourth-order valence-corrected chi connectivity index (χ4v) is 2.39. The number of hydrogen-bond donors (Lipinski definition) is 1. The van der Waals surface area contributed by atoms with E-state index in [1.807, 2.05) is 0 Å². The average molecular weight is 270 g/mol. The Bertz CT molecular complexity index is 440. The van der Waals surface area contributed by atoms with E-state index >= 15 is 0 Å². The van der Waals surface area contributed by atoms with Gasteiger partial charge in [0.25, 0.3) is 0 Å². The normalized spacial score (nSPS) is 29.1. The number of amides is 2. The number of ether oxygens (including phenoxy) is 3. The third kappa shape index (κ3) is 1.86. The van der Waals surface area contributed by atoms with Gasteiger partial charge in [0, 0.05) is 13.0 Å². The van der Waals surface area contributed by atoms with Crippen molar-refractivity contribution in [1.29, 1.82) is 0 Å². The predicted octanol–water partition coefficient (Wildman–Crippen LogP) is -0.504. The Morgan fingerprint density at radius 3 is 3.11 bits per heavy atom. The van der Waals surface area contributed by atoms with Crippen molar-refractivity contribution >= 4 is 18.0 Å². The highest BCUT2D eigenvalue weighted by Crippen LogP contribution is 2.29. The van der Waals surface area contributed by atoms with Gasteiger partial charge in [-0.1, -0.05) is 0 Å². The quantitative estimate of drug-likeness (QED) is 0.645. The smallest absolute Gasteiger partial charge is 0.438 e. The van der Waals surface area contributed by atoms with Crippen LogP contribution in [0.4, 0.5) is 9.59 Å². The van der Waals surface area contributed by atoms with Crippen LogP contribution in [0.1, 0.15) is 6.42 Å². The van der Waals surface area contributed by atoms with Crippen LogP contribution >= 0.6 is 0 Å². The Morgan fingerprint density at radius 1 is 1.58 bits per heavy atom. The maximum atomic E-state index is 12.3. The van der Waals surface area contributed by atoms with Gasteiger partial charge in [0.15, 0.2) is 0 Å². The monoisotopic (exact) mass is 270 g/mol. The number of nitrogens with one attached hydrogen (secondary N) is 1. The molecule has 0 aromatic rings. The molecule has 2 amide bonds. The van der Waals surface area contributed by atoms with Gasteiger partial charge in [-0.05, 0) is 0 Å². The first-order valence-corrected chi connectivity index (χ1v) is 5.94. The van der Waals surface area contributed by atoms with Gasteiger partial charge >= 0.3 is 12.2 Å². The average Bonchev–Trinajstić information content (AvgIpc) is 3.10. The van der Waals surface area contributed by atoms with Crippen LogP contribution in [0.5, 0.6) is 0 Å². The van der Waals surface area contributed by atoms with E-state index < -0.39 is 12.4 Å². The highest BCUT2D eigenvalue weighted by molar-refractivity contribution is 6.00. The molecule has 2 saturated heterocycles. The van der Waals surface area contributed by atoms with Crippen molar-refractivity contribution in [2.45, 2.75) is 18.7 Å². The van der Waals surface area contributed by atoms with Gasteiger partial charge in [0.2, 0.25) is 6.23 Å². The van der Waals surface area contributed by atoms with Crippen molar-refractivity contribution in [1.82, 2.24) is 15.2 Å². The summed E-state index contributed by atoms with van der Waals surface area (Å²) >= 11 is 0. The van der Waals surface area contributed by atoms with Gasteiger partial charge in [-0.25, -0.2) is 14.5 Å². The summed E-state index contributed by atoms with van der Waals surface area (Å²) in [6, 6.07) is -0.589. The van der Waals surface area contributed by atoms with E-state index in [9.17, 15) is 9.59 Å². The van der Waals surface area contributed by atoms with E-state index in [4.69, 9.17) is 9.47 Å². The highest BCUT2D eigenvalue weighted by atomic mass is 16.7. The van der Waals surface area contributed by atoms with Crippen molar-refractivity contribution in [3.05, 3.63) is 0 Å². The summed E-state index contributed by atoms with van der Waals surface area (Å²) in [7, 11) is 1.22. The molecule has 0 aromatic carbocycles. The van der Waals surface area contributed by atoms with E-state index in [1.165, 1.54) is 16.9 Å². The first kappa shape index (κ1) is 12.0. The van der Waals surface area contributed by atoms with Crippen molar-refractivity contribution in [2.75, 3.05) is 27.0 Å². The summed E-state index contributed by atoms with van der Waals surface area (Å²) in [5.41, 5.74) is 2.80. The molecule has 2 fully saturated rings. The van der Waals surface area contributed by atoms with Crippen LogP contribution < -0.4 is 5.43 Å². The Balaban J connectivity index is 1.86. The molecule has 9 heteroatoms. The molecule has 3 heterocycles. The minimum absolute atomic E-state index is 0.196. The number of carbonyl (C=O) groups excluding carboxylic acids is 2. The van der Waals surface area contributed by atoms with E-state index in [0.717, 1.165) is 0 Å². The van der Waals surface area contributed by atoms with Crippen LogP contribution in [0.2, 0.25) is 0 Å². The van der Waals surface area contributed by atoms with E-state index in [-0.39, 0.29) is 18.8 Å². The van der Waals surface area contributed by atoms with E-state index in [2.05, 4.69) is 15.3 Å². The van der Waals surface area contributed by atoms with Crippen LogP contribution in [0.15, 0.2) is 5.10 Å². The van der Waals surface area contributed by atoms with Crippen molar-refractivity contribution in [3.63, 3.8) is 0 Å². The third-order valence-electron chi connectivity index (χ3n) is 3.28. The first-order valence-electron chi connectivity index (χ1n) is 5.94. The van der Waals surface area contributed by atoms with Gasteiger partial charge < -0.3 is 19.6 Å². The predicted molar refractivity (Wildman–Crippen MR) is 61.0 cm³/mol. The minimum Gasteiger partial charge on any atom is -0.438 e. The largest absolute Gasteiger partial charge is 0.510 e. The van der Waals surface area contributed by atoms with Gasteiger partial charge in [0.1, 0.15) is 18.6 Å². The van der Waals surface area contributed by atoms with E-state index in [0.29, 0.717) is 25.4 Å². The molecule has 0 bridgehead atoms. The number of urea groups is 1. The molecule has 19 heavy (non-hydrogen) atoms. The third-order valence-corrected chi connectivity index (χ3v) is 3.28. The molecular weight excluding hydrogens is 256 g/mol. The van der Waals surface area contributed by atoms with E-state index in [1.54, 1.807) is 0 Å². The number of hydrogen-bond acceptors (Lipinski definition) is 7. The molecule has 9 nitrogen and oxygen atoms in total. The topological polar surface area (TPSA) is 92.7 Å². The lowest BCUT2D eigenvalue weighted by molar-refractivity contribution is -0.00699. The number of methoxy groups -OCH3 is 1. The molecular formula is C10H14N4O5. The molecule has 0 radical (unpaired) electrons. The second-order valence-electron chi connectivity index (χ2n) is 4.34. The van der Waals surface area contributed by atoms with Crippen molar-refractivity contribution in [3.8, 4) is 0 Å². The molecule has 3 aliphatic rings. The molecule has 0 aliphatic carbocycles. The molecule has 0 aromatic heterocycles. The minimum atomic E-state index is -0.830. The van der Waals surface area contributed by atoms with Crippen LogP contribution in [-0.4, -0.2) is 67.1 Å². The zero-order valence-electron chi connectivity index (χ0n) is 10.4. The maximum absolute atomic E-state index is 12.3. The second kappa shape index (κ2) is 4.57. The standard InChI is InChI=1S/C10H14N4O5/c1-17-10(16)19-8-6-4-18-5-13(6)9(15)14(8)7-2-3-11-12-7/h6,8,11H,2-5H2,1H3. The highest BCUT2D eigenvalue weighted by Gasteiger charge is 2.53. The Morgan fingerprint density at radius 2 is 2.42 bits per heavy atom. The Labute approximate surface area is 109 Å². The van der Waals surface area contributed by atoms with Gasteiger partial charge in [0.05, 0.1) is 13.7 Å². The SMILES string of the molecule is COC(=O)OC1C2COCN2C(=O)N1C1=NNCC1. The lowest BCUT2D eigenvalue weighted by atomic mass is 10.2. The lowest BCUT2D eigenvalue weighted by Gasteiger charge is -2.23. The van der Waals surface area contributed by atoms with Crippen molar-refractivity contribution in [2.24, 2.45) is 5.10 Å². The zero-order valence-corrected chi connectivity index (χ0v) is 10.4. The summed E-state index contributed by atoms with van der Waals surface area (Å²) in [6.07, 6.45) is -0.988. The molecule has 2 atom stereocenters. The summed E-state index contributed by atoms with van der Waals surface area (Å²) in [5.74, 6) is 0.563. The first-order chi connectivity index (χ1) is 9.22. The molecule has 0 spiro atoms. The number of amidine groups is 1. The summed E-state index contributed by atoms with van der Waals surface area (Å²) in [4.78, 5) is 26.5. The summed E-state index contributed by atoms with van der Waals surface area (Å²) in [5, 5.41) is 4.05. The number of fused-ring (bicyclic) bond motifs is 1. The fourth-order valence-electron chi connectivity index (χ4n) is 2.39. The Hall–Kier alpha value is -2.03. The van der Waals surface area contributed by atoms with Crippen LogP contribution in [0, 0.1) is 0 Å². The molecule has 3 rings (SSSR count). The molecule has 1 N–H and O–H groups in total. The Kier molecular flexibility index (Phi) is 2.90. The van der Waals surface area contributed by atoms with Crippen LogP contribution in [0.25, 0.3) is 0 Å². The van der Waals surface area contributed by atoms with Gasteiger partial charge in [-0.15, -0.1) is 0 Å². The summed E-state index contributed by atoms with van der Waals surface area (Å²) < 4.78 is 14.9.